The molecule has 1 atom stereocenters. The van der Waals surface area contributed by atoms with Crippen molar-refractivity contribution in [3.8, 4) is 17.1 Å². The second kappa shape index (κ2) is 13.0. The van der Waals surface area contributed by atoms with Crippen LogP contribution in [0.25, 0.3) is 11.3 Å². The number of amides is 1. The molecule has 2 fully saturated rings. The maximum atomic E-state index is 14.4. The normalized spacial score (nSPS) is 20.3. The second-order valence-electron chi connectivity index (χ2n) is 14.4. The summed E-state index contributed by atoms with van der Waals surface area (Å²) < 4.78 is 36.3. The van der Waals surface area contributed by atoms with Gasteiger partial charge in [-0.25, -0.2) is 28.1 Å². The van der Waals surface area contributed by atoms with E-state index in [0.29, 0.717) is 17.4 Å². The first-order valence-electron chi connectivity index (χ1n) is 17.0. The number of ether oxygens (including phenoxy) is 1. The van der Waals surface area contributed by atoms with Gasteiger partial charge in [-0.2, -0.15) is 4.98 Å². The highest BCUT2D eigenvalue weighted by Crippen LogP contribution is 2.35. The molecule has 1 saturated carbocycles. The number of aromatic nitrogens is 4. The largest absolute Gasteiger partial charge is 0.475 e. The lowest BCUT2D eigenvalue weighted by atomic mass is 9.80. The number of nitrogens with zero attached hydrogens (tertiary/aromatic N) is 6. The van der Waals surface area contributed by atoms with Crippen LogP contribution in [0, 0.1) is 25.2 Å². The number of sulfonamides is 1. The first-order chi connectivity index (χ1) is 23.4. The van der Waals surface area contributed by atoms with Crippen molar-refractivity contribution in [1.29, 1.82) is 0 Å². The van der Waals surface area contributed by atoms with Crippen LogP contribution in [0.4, 0.5) is 11.6 Å². The Labute approximate surface area is 288 Å². The van der Waals surface area contributed by atoms with Gasteiger partial charge in [-0.1, -0.05) is 57.4 Å². The fourth-order valence-corrected chi connectivity index (χ4v) is 8.05. The molecule has 1 saturated heterocycles. The molecule has 2 aliphatic heterocycles. The van der Waals surface area contributed by atoms with Gasteiger partial charge in [0.25, 0.3) is 15.9 Å². The Morgan fingerprint density at radius 1 is 1.00 bits per heavy atom. The number of benzene rings is 2. The van der Waals surface area contributed by atoms with Gasteiger partial charge in [0.05, 0.1) is 41.3 Å². The molecule has 0 radical (unpaired) electrons. The monoisotopic (exact) mass is 681 g/mol. The van der Waals surface area contributed by atoms with E-state index in [1.807, 2.05) is 44.4 Å². The molecule has 11 nitrogen and oxygen atoms in total. The molecule has 7 rings (SSSR count). The van der Waals surface area contributed by atoms with Gasteiger partial charge >= 0.3 is 0 Å². The Kier molecular flexibility index (Phi) is 8.76. The molecule has 2 aromatic carbocycles. The number of aryl methyl sites for hydroxylation is 2. The molecule has 0 unspecified atom stereocenters. The van der Waals surface area contributed by atoms with Crippen LogP contribution in [0.2, 0.25) is 0 Å². The molecule has 4 aromatic rings. The van der Waals surface area contributed by atoms with Gasteiger partial charge in [0, 0.05) is 30.3 Å². The smallest absolute Gasteiger partial charge is 0.264 e. The van der Waals surface area contributed by atoms with Crippen LogP contribution in [0.15, 0.2) is 65.8 Å². The van der Waals surface area contributed by atoms with Crippen LogP contribution in [0.3, 0.4) is 0 Å². The summed E-state index contributed by atoms with van der Waals surface area (Å²) in [4.78, 5) is 37.0. The predicted molar refractivity (Wildman–Crippen MR) is 188 cm³/mol. The van der Waals surface area contributed by atoms with E-state index in [2.05, 4.69) is 33.4 Å². The highest BCUT2D eigenvalue weighted by molar-refractivity contribution is 7.92. The van der Waals surface area contributed by atoms with Crippen LogP contribution in [-0.4, -0.2) is 64.9 Å². The number of carbonyl (C=O) groups is 1. The molecular formula is C37H43N7O4S. The molecule has 49 heavy (non-hydrogen) atoms. The zero-order valence-corrected chi connectivity index (χ0v) is 29.3. The van der Waals surface area contributed by atoms with E-state index >= 15 is 0 Å². The van der Waals surface area contributed by atoms with Crippen molar-refractivity contribution in [2.45, 2.75) is 77.3 Å². The van der Waals surface area contributed by atoms with Gasteiger partial charge in [-0.3, -0.25) is 4.79 Å². The molecule has 4 heterocycles. The molecule has 256 valence electrons. The summed E-state index contributed by atoms with van der Waals surface area (Å²) in [5.74, 6) is 0.753. The maximum Gasteiger partial charge on any atom is 0.264 e. The summed E-state index contributed by atoms with van der Waals surface area (Å²) in [5, 5.41) is 0. The molecule has 12 heteroatoms. The third kappa shape index (κ3) is 7.10. The highest BCUT2D eigenvalue weighted by Gasteiger charge is 2.33. The number of carbonyl (C=O) groups excluding carboxylic acids is 1. The van der Waals surface area contributed by atoms with Crippen molar-refractivity contribution < 1.29 is 17.9 Å². The van der Waals surface area contributed by atoms with E-state index < -0.39 is 10.0 Å². The number of fused-ring (bicyclic) bond motifs is 4. The molecule has 1 aliphatic carbocycles. The number of rotatable bonds is 6. The fraction of sp³-hybridized carbons (Fsp3) is 0.432. The Morgan fingerprint density at radius 2 is 1.73 bits per heavy atom. The molecule has 2 aromatic heterocycles. The Morgan fingerprint density at radius 3 is 2.41 bits per heavy atom. The molecule has 1 N–H and O–H groups in total. The standard InChI is InChI=1S/C37H43N7O4S/c1-24-8-5-9-25(2)34(24)31-18-33-41-36(40-31)42-49(46,47)30-13-7-12-27(17-30)35(45)44(28(22-48-33)16-26-10-6-11-26)21-32-38-19-29(20-39-32)43-15-14-37(3,4)23-43/h5,7-9,12-13,17-20,26,28H,6,10-11,14-16,21-23H2,1-4H3,(H,40,41,42)/t28-/m1/s1. The number of anilines is 2. The highest BCUT2D eigenvalue weighted by atomic mass is 32.2. The Balaban J connectivity index is 1.28. The van der Waals surface area contributed by atoms with Crippen molar-refractivity contribution >= 4 is 27.6 Å². The number of hydrogen-bond donors (Lipinski definition) is 1. The van der Waals surface area contributed by atoms with Crippen LogP contribution in [0.1, 0.15) is 73.3 Å². The lowest BCUT2D eigenvalue weighted by molar-refractivity contribution is 0.0504. The summed E-state index contributed by atoms with van der Waals surface area (Å²) in [5.41, 5.74) is 4.85. The van der Waals surface area contributed by atoms with E-state index in [0.717, 1.165) is 67.6 Å². The average Bonchev–Trinajstić information content (AvgIpc) is 3.42. The third-order valence-electron chi connectivity index (χ3n) is 10.1. The van der Waals surface area contributed by atoms with Gasteiger partial charge in [-0.05, 0) is 67.3 Å². The Bertz CT molecular complexity index is 1960. The van der Waals surface area contributed by atoms with Gasteiger partial charge < -0.3 is 14.5 Å². The van der Waals surface area contributed by atoms with Crippen molar-refractivity contribution in [3.63, 3.8) is 0 Å². The van der Waals surface area contributed by atoms with Crippen LogP contribution >= 0.6 is 0 Å². The van der Waals surface area contributed by atoms with Gasteiger partial charge in [0.1, 0.15) is 12.4 Å². The summed E-state index contributed by atoms with van der Waals surface area (Å²) in [6.07, 6.45) is 8.83. The average molecular weight is 682 g/mol. The van der Waals surface area contributed by atoms with Crippen LogP contribution < -0.4 is 14.4 Å². The first kappa shape index (κ1) is 32.9. The zero-order valence-electron chi connectivity index (χ0n) is 28.5. The summed E-state index contributed by atoms with van der Waals surface area (Å²) in [7, 11) is -4.16. The van der Waals surface area contributed by atoms with E-state index in [-0.39, 0.29) is 52.8 Å². The van der Waals surface area contributed by atoms with E-state index in [1.54, 1.807) is 23.1 Å². The lowest BCUT2D eigenvalue weighted by Gasteiger charge is -2.36. The Hall–Kier alpha value is -4.58. The number of hydrogen-bond acceptors (Lipinski definition) is 9. The van der Waals surface area contributed by atoms with E-state index in [1.165, 1.54) is 12.1 Å². The van der Waals surface area contributed by atoms with Crippen LogP contribution in [-0.2, 0) is 16.6 Å². The van der Waals surface area contributed by atoms with Crippen molar-refractivity contribution in [2.24, 2.45) is 11.3 Å². The van der Waals surface area contributed by atoms with Gasteiger partial charge in [-0.15, -0.1) is 0 Å². The van der Waals surface area contributed by atoms with E-state index in [9.17, 15) is 13.2 Å². The van der Waals surface area contributed by atoms with Gasteiger partial charge in [0.15, 0.2) is 0 Å². The minimum atomic E-state index is -4.16. The number of nitrogens with one attached hydrogen (secondary N) is 1. The quantitative estimate of drug-likeness (QED) is 0.254. The topological polar surface area (TPSA) is 131 Å². The SMILES string of the molecule is Cc1cccc(C)c1-c1cc2nc(n1)NS(=O)(=O)c1cccc(c1)C(=O)N(Cc1ncc(N3CCC(C)(C)C3)cn1)[C@H](CC1CCC1)CO2. The van der Waals surface area contributed by atoms with Crippen molar-refractivity contribution in [1.82, 2.24) is 24.8 Å². The molecule has 0 spiro atoms. The fourth-order valence-electron chi connectivity index (χ4n) is 7.06. The molecule has 4 bridgehead atoms. The summed E-state index contributed by atoms with van der Waals surface area (Å²) >= 11 is 0. The summed E-state index contributed by atoms with van der Waals surface area (Å²) in [6, 6.07) is 13.4. The minimum absolute atomic E-state index is 0.0641. The summed E-state index contributed by atoms with van der Waals surface area (Å²) in [6.45, 7) is 10.7. The predicted octanol–water partition coefficient (Wildman–Crippen LogP) is 6.18. The zero-order chi connectivity index (χ0) is 34.3. The minimum Gasteiger partial charge on any atom is -0.475 e. The third-order valence-corrected chi connectivity index (χ3v) is 11.4. The first-order valence-corrected chi connectivity index (χ1v) is 18.5. The van der Waals surface area contributed by atoms with Crippen LogP contribution in [0.5, 0.6) is 5.88 Å². The van der Waals surface area contributed by atoms with E-state index in [4.69, 9.17) is 14.7 Å². The second-order valence-corrected chi connectivity index (χ2v) is 16.1. The van der Waals surface area contributed by atoms with Crippen molar-refractivity contribution in [3.05, 3.63) is 83.4 Å². The molecule has 1 amide bonds. The molecule has 3 aliphatic rings. The van der Waals surface area contributed by atoms with Crippen molar-refractivity contribution in [2.75, 3.05) is 29.3 Å². The van der Waals surface area contributed by atoms with Gasteiger partial charge in [0.2, 0.25) is 11.8 Å². The lowest BCUT2D eigenvalue weighted by Crippen LogP contribution is -2.45. The maximum absolute atomic E-state index is 14.4. The molecular weight excluding hydrogens is 639 g/mol.